The average Bonchev–Trinajstić information content (AvgIpc) is 3.63. The zero-order valence-corrected chi connectivity index (χ0v) is 32.6. The topological polar surface area (TPSA) is 56.7 Å². The predicted octanol–water partition coefficient (Wildman–Crippen LogP) is 10.2. The van der Waals surface area contributed by atoms with Crippen molar-refractivity contribution < 1.29 is 24.5 Å². The van der Waals surface area contributed by atoms with E-state index in [1.165, 1.54) is 16.3 Å². The summed E-state index contributed by atoms with van der Waals surface area (Å²) in [5.41, 5.74) is 9.31. The molecule has 4 aromatic heterocycles. The van der Waals surface area contributed by atoms with E-state index in [2.05, 4.69) is 117 Å². The number of pyridine rings is 2. The van der Waals surface area contributed by atoms with Crippen molar-refractivity contribution in [1.29, 1.82) is 0 Å². The molecule has 0 N–H and O–H groups in total. The van der Waals surface area contributed by atoms with Crippen LogP contribution in [0.5, 0.6) is 0 Å². The van der Waals surface area contributed by atoms with Gasteiger partial charge >= 0.3 is 0 Å². The number of para-hydroxylation sites is 2. The third-order valence-corrected chi connectivity index (χ3v) is 10.6. The second-order valence-corrected chi connectivity index (χ2v) is 19.0. The van der Waals surface area contributed by atoms with Gasteiger partial charge in [0, 0.05) is 44.4 Å². The van der Waals surface area contributed by atoms with Crippen molar-refractivity contribution in [2.24, 2.45) is 5.92 Å². The standard InChI is InChI=1S/C23H20N3O.C18H24NSi.Ir/c1-4-26-19-10-6-5-9-18(19)25-22(26)17-12-11-15(14(2)3)20-16-8-7-13-24-23(16)27-21(17)20;1-14(2)11-16-12-17(15-9-7-6-8-10-15)19-13-18(16)20(3,4)5;/h5-11,13-14H,4H2,1-3H3;6-9,12-14H,11H2,1-5H3;/q2*-1;. The van der Waals surface area contributed by atoms with Crippen LogP contribution < -0.4 is 5.19 Å². The molecule has 0 aliphatic heterocycles. The molecule has 7 heteroatoms. The van der Waals surface area contributed by atoms with Gasteiger partial charge in [0.1, 0.15) is 0 Å². The maximum absolute atomic E-state index is 6.23. The molecule has 4 heterocycles. The van der Waals surface area contributed by atoms with Crippen molar-refractivity contribution in [2.45, 2.75) is 73.1 Å². The third kappa shape index (κ3) is 7.10. The molecule has 0 bridgehead atoms. The van der Waals surface area contributed by atoms with E-state index in [0.717, 1.165) is 63.0 Å². The molecule has 5 nitrogen and oxygen atoms in total. The van der Waals surface area contributed by atoms with Crippen LogP contribution in [0.15, 0.2) is 89.6 Å². The van der Waals surface area contributed by atoms with Crippen LogP contribution in [0.4, 0.5) is 0 Å². The Balaban J connectivity index is 0.000000193. The molecule has 48 heavy (non-hydrogen) atoms. The molecule has 1 radical (unpaired) electrons. The summed E-state index contributed by atoms with van der Waals surface area (Å²) in [6, 6.07) is 31.4. The summed E-state index contributed by atoms with van der Waals surface area (Å²) in [5.74, 6) is 1.92. The largest absolute Gasteiger partial charge is 0.486 e. The second kappa shape index (κ2) is 14.7. The van der Waals surface area contributed by atoms with Gasteiger partial charge in [-0.15, -0.1) is 53.6 Å². The summed E-state index contributed by atoms with van der Waals surface area (Å²) < 4.78 is 8.45. The van der Waals surface area contributed by atoms with E-state index >= 15 is 0 Å². The van der Waals surface area contributed by atoms with Gasteiger partial charge in [-0.25, -0.2) is 4.98 Å². The Hall–Kier alpha value is -3.90. The van der Waals surface area contributed by atoms with E-state index in [9.17, 15) is 0 Å². The van der Waals surface area contributed by atoms with Crippen LogP contribution in [0.2, 0.25) is 19.6 Å². The van der Waals surface area contributed by atoms with Gasteiger partial charge in [0.05, 0.1) is 30.5 Å². The Morgan fingerprint density at radius 1 is 0.917 bits per heavy atom. The molecule has 7 aromatic rings. The Morgan fingerprint density at radius 3 is 2.38 bits per heavy atom. The van der Waals surface area contributed by atoms with Gasteiger partial charge in [-0.1, -0.05) is 88.0 Å². The van der Waals surface area contributed by atoms with Crippen molar-refractivity contribution in [3.8, 4) is 22.6 Å². The van der Waals surface area contributed by atoms with Gasteiger partial charge in [0.25, 0.3) is 0 Å². The fraction of sp³-hybridized carbons (Fsp3) is 0.293. The fourth-order valence-corrected chi connectivity index (χ4v) is 7.96. The zero-order chi connectivity index (χ0) is 33.3. The van der Waals surface area contributed by atoms with E-state index in [0.29, 0.717) is 17.5 Å². The molecule has 0 aliphatic carbocycles. The van der Waals surface area contributed by atoms with E-state index < -0.39 is 8.07 Å². The zero-order valence-electron chi connectivity index (χ0n) is 29.2. The van der Waals surface area contributed by atoms with E-state index in [4.69, 9.17) is 9.40 Å². The van der Waals surface area contributed by atoms with Gasteiger partial charge in [-0.05, 0) is 54.4 Å². The molecule has 0 fully saturated rings. The second-order valence-electron chi connectivity index (χ2n) is 14.0. The number of fused-ring (bicyclic) bond motifs is 4. The fourth-order valence-electron chi connectivity index (χ4n) is 6.37. The quantitative estimate of drug-likeness (QED) is 0.119. The first-order chi connectivity index (χ1) is 22.6. The van der Waals surface area contributed by atoms with Crippen LogP contribution >= 0.6 is 0 Å². The first-order valence-electron chi connectivity index (χ1n) is 16.7. The van der Waals surface area contributed by atoms with Crippen molar-refractivity contribution in [2.75, 3.05) is 0 Å². The Bertz CT molecular complexity index is 2160. The third-order valence-electron chi connectivity index (χ3n) is 8.58. The molecule has 0 unspecified atom stereocenters. The van der Waals surface area contributed by atoms with Crippen LogP contribution in [0.25, 0.3) is 55.7 Å². The number of hydrogen-bond donors (Lipinski definition) is 0. The minimum absolute atomic E-state index is 0. The summed E-state index contributed by atoms with van der Waals surface area (Å²) in [7, 11) is -1.34. The molecule has 0 amide bonds. The van der Waals surface area contributed by atoms with E-state index in [-0.39, 0.29) is 20.1 Å². The molecule has 0 atom stereocenters. The average molecular weight is 829 g/mol. The van der Waals surface area contributed by atoms with Crippen LogP contribution in [0.3, 0.4) is 0 Å². The van der Waals surface area contributed by atoms with Crippen LogP contribution in [-0.2, 0) is 33.1 Å². The van der Waals surface area contributed by atoms with Crippen LogP contribution in [-0.4, -0.2) is 27.6 Å². The van der Waals surface area contributed by atoms with Crippen molar-refractivity contribution >= 4 is 46.4 Å². The number of rotatable bonds is 7. The molecule has 249 valence electrons. The van der Waals surface area contributed by atoms with Crippen molar-refractivity contribution in [3.05, 3.63) is 108 Å². The summed E-state index contributed by atoms with van der Waals surface area (Å²) >= 11 is 0. The molecule has 3 aromatic carbocycles. The molecule has 0 saturated carbocycles. The Labute approximate surface area is 299 Å². The van der Waals surface area contributed by atoms with E-state index in [1.54, 1.807) is 6.20 Å². The minimum atomic E-state index is -1.34. The molecular weight excluding hydrogens is 785 g/mol. The minimum Gasteiger partial charge on any atom is -0.486 e. The molecule has 0 saturated heterocycles. The molecular formula is C41H44IrN4OSi-2. The maximum atomic E-state index is 6.23. The summed E-state index contributed by atoms with van der Waals surface area (Å²) in [6.45, 7) is 19.1. The SMILES string of the molecule is CC(C)Cc1cc(-c2[c-]cccc2)ncc1[Si](C)(C)C.CCn1c(-c2[c-]cc(C(C)C)c3c2oc2ncccc23)nc2ccccc21.[Ir]. The Kier molecular flexibility index (Phi) is 10.8. The van der Waals surface area contributed by atoms with E-state index in [1.807, 2.05) is 42.5 Å². The number of aryl methyl sites for hydroxylation is 1. The number of nitrogens with zero attached hydrogens (tertiary/aromatic N) is 4. The van der Waals surface area contributed by atoms with Gasteiger partial charge < -0.3 is 14.0 Å². The maximum Gasteiger partial charge on any atom is 0.216 e. The first kappa shape index (κ1) is 35.4. The normalized spacial score (nSPS) is 11.7. The van der Waals surface area contributed by atoms with Crippen LogP contribution in [0, 0.1) is 18.1 Å². The number of aromatic nitrogens is 4. The van der Waals surface area contributed by atoms with Gasteiger partial charge in [-0.2, -0.15) is 0 Å². The molecule has 0 spiro atoms. The summed E-state index contributed by atoms with van der Waals surface area (Å²) in [6.07, 6.45) is 5.01. The van der Waals surface area contributed by atoms with Gasteiger partial charge in [-0.3, -0.25) is 4.98 Å². The van der Waals surface area contributed by atoms with Crippen LogP contribution in [0.1, 0.15) is 51.7 Å². The molecule has 0 aliphatic rings. The number of hydrogen-bond acceptors (Lipinski definition) is 4. The first-order valence-corrected chi connectivity index (χ1v) is 20.2. The van der Waals surface area contributed by atoms with Gasteiger partial charge in [0.2, 0.25) is 5.71 Å². The number of benzene rings is 3. The monoisotopic (exact) mass is 829 g/mol. The Morgan fingerprint density at radius 2 is 1.69 bits per heavy atom. The number of furan rings is 1. The smallest absolute Gasteiger partial charge is 0.216 e. The number of imidazole rings is 1. The van der Waals surface area contributed by atoms with Crippen molar-refractivity contribution in [1.82, 2.24) is 19.5 Å². The summed E-state index contributed by atoms with van der Waals surface area (Å²) in [4.78, 5) is 14.0. The predicted molar refractivity (Wildman–Crippen MR) is 199 cm³/mol. The van der Waals surface area contributed by atoms with Crippen molar-refractivity contribution in [3.63, 3.8) is 0 Å². The molecule has 7 rings (SSSR count). The van der Waals surface area contributed by atoms with Gasteiger partial charge in [0.15, 0.2) is 0 Å². The summed E-state index contributed by atoms with van der Waals surface area (Å²) in [5, 5.41) is 3.66.